The number of ether oxygens (including phenoxy) is 1. The van der Waals surface area contributed by atoms with Crippen LogP contribution in [0.3, 0.4) is 0 Å². The smallest absolute Gasteiger partial charge is 0.138 e. The highest BCUT2D eigenvalue weighted by molar-refractivity contribution is 6.31. The van der Waals surface area contributed by atoms with E-state index in [-0.39, 0.29) is 0 Å². The Labute approximate surface area is 105 Å². The molecule has 1 heterocycles. The van der Waals surface area contributed by atoms with Gasteiger partial charge in [-0.05, 0) is 25.1 Å². The number of hydrogen-bond donors (Lipinski definition) is 1. The molecule has 1 unspecified atom stereocenters. The largest absolute Gasteiger partial charge is 0.385 e. The number of methoxy groups -OCH3 is 1. The van der Waals surface area contributed by atoms with Crippen LogP contribution in [-0.2, 0) is 11.3 Å². The van der Waals surface area contributed by atoms with E-state index < -0.39 is 6.10 Å². The van der Waals surface area contributed by atoms with Gasteiger partial charge in [0.25, 0.3) is 0 Å². The van der Waals surface area contributed by atoms with Gasteiger partial charge in [-0.1, -0.05) is 11.6 Å². The Morgan fingerprint density at radius 1 is 1.53 bits per heavy atom. The molecule has 2 rings (SSSR count). The molecular formula is C12H15ClN2O2. The number of aromatic nitrogens is 2. The topological polar surface area (TPSA) is 47.3 Å². The minimum Gasteiger partial charge on any atom is -0.385 e. The maximum atomic E-state index is 9.72. The third-order valence-electron chi connectivity index (χ3n) is 2.63. The molecular weight excluding hydrogens is 240 g/mol. The molecule has 0 saturated heterocycles. The highest BCUT2D eigenvalue weighted by Gasteiger charge is 2.14. The van der Waals surface area contributed by atoms with Gasteiger partial charge in [0.15, 0.2) is 0 Å². The Bertz CT molecular complexity index is 522. The summed E-state index contributed by atoms with van der Waals surface area (Å²) < 4.78 is 7.01. The molecule has 0 aliphatic carbocycles. The number of nitrogens with zero attached hydrogens (tertiary/aromatic N) is 2. The maximum absolute atomic E-state index is 9.72. The number of hydrogen-bond acceptors (Lipinski definition) is 3. The maximum Gasteiger partial charge on any atom is 0.138 e. The van der Waals surface area contributed by atoms with Gasteiger partial charge in [0.1, 0.15) is 11.9 Å². The zero-order valence-electron chi connectivity index (χ0n) is 9.85. The molecule has 2 aromatic rings. The van der Waals surface area contributed by atoms with E-state index in [1.807, 2.05) is 16.7 Å². The summed E-state index contributed by atoms with van der Waals surface area (Å²) in [5.41, 5.74) is 1.76. The standard InChI is InChI=1S/C12H15ClN2O2/c1-8(16)12-14-10-4-3-9(13)7-11(10)15(12)5-6-17-2/h3-4,7-8,16H,5-6H2,1-2H3. The second kappa shape index (κ2) is 5.04. The first kappa shape index (κ1) is 12.4. The zero-order valence-corrected chi connectivity index (χ0v) is 10.6. The summed E-state index contributed by atoms with van der Waals surface area (Å²) in [6.45, 7) is 2.91. The highest BCUT2D eigenvalue weighted by atomic mass is 35.5. The van der Waals surface area contributed by atoms with E-state index in [2.05, 4.69) is 4.98 Å². The van der Waals surface area contributed by atoms with Gasteiger partial charge in [-0.2, -0.15) is 0 Å². The van der Waals surface area contributed by atoms with Gasteiger partial charge < -0.3 is 14.4 Å². The number of benzene rings is 1. The van der Waals surface area contributed by atoms with E-state index in [4.69, 9.17) is 16.3 Å². The number of fused-ring (bicyclic) bond motifs is 1. The minimum absolute atomic E-state index is 0.567. The molecule has 4 nitrogen and oxygen atoms in total. The third-order valence-corrected chi connectivity index (χ3v) is 2.87. The van der Waals surface area contributed by atoms with Crippen molar-refractivity contribution >= 4 is 22.6 Å². The number of imidazole rings is 1. The van der Waals surface area contributed by atoms with E-state index in [1.165, 1.54) is 0 Å². The number of halogens is 1. The molecule has 1 aromatic heterocycles. The summed E-state index contributed by atoms with van der Waals surface area (Å²) in [5.74, 6) is 0.638. The van der Waals surface area contributed by atoms with Crippen LogP contribution < -0.4 is 0 Å². The predicted octanol–water partition coefficient (Wildman–Crippen LogP) is 2.39. The summed E-state index contributed by atoms with van der Waals surface area (Å²) in [4.78, 5) is 4.40. The SMILES string of the molecule is COCCn1c(C(C)O)nc2ccc(Cl)cc21. The lowest BCUT2D eigenvalue weighted by atomic mass is 10.3. The summed E-state index contributed by atoms with van der Waals surface area (Å²) in [6.07, 6.45) is -0.613. The molecule has 0 aliphatic heterocycles. The van der Waals surface area contributed by atoms with E-state index in [0.717, 1.165) is 11.0 Å². The fourth-order valence-corrected chi connectivity index (χ4v) is 2.02. The summed E-state index contributed by atoms with van der Waals surface area (Å²) in [5, 5.41) is 10.4. The quantitative estimate of drug-likeness (QED) is 0.911. The van der Waals surface area contributed by atoms with Crippen molar-refractivity contribution in [3.8, 4) is 0 Å². The molecule has 1 aromatic carbocycles. The second-order valence-electron chi connectivity index (χ2n) is 3.92. The minimum atomic E-state index is -0.613. The van der Waals surface area contributed by atoms with Gasteiger partial charge in [0, 0.05) is 18.7 Å². The van der Waals surface area contributed by atoms with Crippen LogP contribution in [0.15, 0.2) is 18.2 Å². The van der Waals surface area contributed by atoms with Gasteiger partial charge in [-0.3, -0.25) is 0 Å². The van der Waals surface area contributed by atoms with Crippen molar-refractivity contribution in [1.29, 1.82) is 0 Å². The van der Waals surface area contributed by atoms with Crippen molar-refractivity contribution in [3.05, 3.63) is 29.0 Å². The van der Waals surface area contributed by atoms with E-state index in [0.29, 0.717) is 24.0 Å². The molecule has 0 amide bonds. The molecule has 0 radical (unpaired) electrons. The summed E-state index contributed by atoms with van der Waals surface area (Å²) in [6, 6.07) is 5.50. The molecule has 17 heavy (non-hydrogen) atoms. The van der Waals surface area contributed by atoms with Gasteiger partial charge >= 0.3 is 0 Å². The number of aliphatic hydroxyl groups excluding tert-OH is 1. The Morgan fingerprint density at radius 3 is 2.94 bits per heavy atom. The first-order valence-corrected chi connectivity index (χ1v) is 5.84. The molecule has 0 spiro atoms. The third kappa shape index (κ3) is 2.44. The van der Waals surface area contributed by atoms with Crippen LogP contribution in [0.4, 0.5) is 0 Å². The normalized spacial score (nSPS) is 13.2. The predicted molar refractivity (Wildman–Crippen MR) is 67.3 cm³/mol. The average molecular weight is 255 g/mol. The average Bonchev–Trinajstić information content (AvgIpc) is 2.64. The van der Waals surface area contributed by atoms with Crippen LogP contribution >= 0.6 is 11.6 Å². The highest BCUT2D eigenvalue weighted by Crippen LogP contribution is 2.23. The molecule has 92 valence electrons. The van der Waals surface area contributed by atoms with Crippen molar-refractivity contribution in [2.24, 2.45) is 0 Å². The number of rotatable bonds is 4. The van der Waals surface area contributed by atoms with Gasteiger partial charge in [-0.25, -0.2) is 4.98 Å². The number of aliphatic hydroxyl groups is 1. The van der Waals surface area contributed by atoms with Crippen LogP contribution in [0, 0.1) is 0 Å². The van der Waals surface area contributed by atoms with Gasteiger partial charge in [-0.15, -0.1) is 0 Å². The lowest BCUT2D eigenvalue weighted by Crippen LogP contribution is -2.10. The van der Waals surface area contributed by atoms with E-state index in [9.17, 15) is 5.11 Å². The Kier molecular flexibility index (Phi) is 3.66. The fraction of sp³-hybridized carbons (Fsp3) is 0.417. The van der Waals surface area contributed by atoms with Crippen LogP contribution in [0.25, 0.3) is 11.0 Å². The van der Waals surface area contributed by atoms with E-state index >= 15 is 0 Å². The van der Waals surface area contributed by atoms with Crippen LogP contribution in [0.5, 0.6) is 0 Å². The molecule has 0 saturated carbocycles. The zero-order chi connectivity index (χ0) is 12.4. The molecule has 0 bridgehead atoms. The molecule has 0 aliphatic rings. The monoisotopic (exact) mass is 254 g/mol. The van der Waals surface area contributed by atoms with Crippen molar-refractivity contribution in [2.75, 3.05) is 13.7 Å². The molecule has 1 atom stereocenters. The first-order chi connectivity index (χ1) is 8.13. The lowest BCUT2D eigenvalue weighted by Gasteiger charge is -2.10. The van der Waals surface area contributed by atoms with Gasteiger partial charge in [0.05, 0.1) is 17.6 Å². The molecule has 1 N–H and O–H groups in total. The van der Waals surface area contributed by atoms with Gasteiger partial charge in [0.2, 0.25) is 0 Å². The molecule has 0 fully saturated rings. The van der Waals surface area contributed by atoms with Crippen LogP contribution in [0.1, 0.15) is 18.9 Å². The van der Waals surface area contributed by atoms with Crippen molar-refractivity contribution in [3.63, 3.8) is 0 Å². The van der Waals surface area contributed by atoms with E-state index in [1.54, 1.807) is 20.1 Å². The summed E-state index contributed by atoms with van der Waals surface area (Å²) in [7, 11) is 1.65. The fourth-order valence-electron chi connectivity index (χ4n) is 1.85. The Balaban J connectivity index is 2.56. The lowest BCUT2D eigenvalue weighted by molar-refractivity contribution is 0.167. The first-order valence-electron chi connectivity index (χ1n) is 5.46. The van der Waals surface area contributed by atoms with Crippen molar-refractivity contribution in [1.82, 2.24) is 9.55 Å². The summed E-state index contributed by atoms with van der Waals surface area (Å²) >= 11 is 5.98. The van der Waals surface area contributed by atoms with Crippen molar-refractivity contribution in [2.45, 2.75) is 19.6 Å². The molecule has 5 heteroatoms. The van der Waals surface area contributed by atoms with Crippen LogP contribution in [0.2, 0.25) is 5.02 Å². The van der Waals surface area contributed by atoms with Crippen molar-refractivity contribution < 1.29 is 9.84 Å². The Morgan fingerprint density at radius 2 is 2.29 bits per heavy atom. The van der Waals surface area contributed by atoms with Crippen LogP contribution in [-0.4, -0.2) is 28.4 Å². The second-order valence-corrected chi connectivity index (χ2v) is 4.36. The Hall–Kier alpha value is -1.10.